The van der Waals surface area contributed by atoms with E-state index in [1.165, 1.54) is 11.1 Å². The summed E-state index contributed by atoms with van der Waals surface area (Å²) < 4.78 is 0. The first kappa shape index (κ1) is 21.8. The fraction of sp³-hybridized carbons (Fsp3) is 0.440. The molecule has 2 aromatic rings. The Morgan fingerprint density at radius 3 is 1.45 bits per heavy atom. The van der Waals surface area contributed by atoms with E-state index in [0.717, 1.165) is 24.3 Å². The highest BCUT2D eigenvalue weighted by Gasteiger charge is 2.31. The third kappa shape index (κ3) is 5.10. The molecular formula is C25H34N6. The normalized spacial score (nSPS) is 27.6. The quantitative estimate of drug-likeness (QED) is 0.534. The van der Waals surface area contributed by atoms with Crippen LogP contribution in [0.4, 0.5) is 0 Å². The highest BCUT2D eigenvalue weighted by molar-refractivity contribution is 6.09. The predicted molar refractivity (Wildman–Crippen MR) is 128 cm³/mol. The Morgan fingerprint density at radius 1 is 0.677 bits per heavy atom. The lowest BCUT2D eigenvalue weighted by atomic mass is 9.83. The van der Waals surface area contributed by atoms with Gasteiger partial charge in [0.1, 0.15) is 12.3 Å². The van der Waals surface area contributed by atoms with Gasteiger partial charge in [0.2, 0.25) is 0 Å². The molecule has 0 amide bonds. The van der Waals surface area contributed by atoms with Crippen LogP contribution >= 0.6 is 0 Å². The summed E-state index contributed by atoms with van der Waals surface area (Å²) in [6, 6.07) is 21.6. The molecule has 2 fully saturated rings. The van der Waals surface area contributed by atoms with Crippen molar-refractivity contribution in [2.45, 2.75) is 65.0 Å². The zero-order valence-electron chi connectivity index (χ0n) is 18.9. The van der Waals surface area contributed by atoms with Crippen LogP contribution in [0.5, 0.6) is 0 Å². The number of nitrogens with zero attached hydrogens (tertiary/aromatic N) is 2. The summed E-state index contributed by atoms with van der Waals surface area (Å²) in [6.07, 6.45) is 1.98. The van der Waals surface area contributed by atoms with E-state index in [1.54, 1.807) is 0 Å². The second-order valence-electron chi connectivity index (χ2n) is 9.06. The average Bonchev–Trinajstić information content (AvgIpc) is 3.45. The zero-order chi connectivity index (χ0) is 21.8. The van der Waals surface area contributed by atoms with Crippen LogP contribution in [0.2, 0.25) is 0 Å². The molecule has 4 atom stereocenters. The molecule has 2 aliphatic heterocycles. The van der Waals surface area contributed by atoms with Gasteiger partial charge in [-0.1, -0.05) is 60.7 Å². The van der Waals surface area contributed by atoms with Gasteiger partial charge in [0, 0.05) is 41.8 Å². The van der Waals surface area contributed by atoms with Crippen LogP contribution in [0.1, 0.15) is 63.7 Å². The number of rotatable bonds is 6. The fourth-order valence-corrected chi connectivity index (χ4v) is 4.11. The second kappa shape index (κ2) is 9.40. The Labute approximate surface area is 185 Å². The Hall–Kier alpha value is -2.38. The van der Waals surface area contributed by atoms with E-state index in [9.17, 15) is 0 Å². The molecule has 6 heteroatoms. The highest BCUT2D eigenvalue weighted by atomic mass is 15.5. The van der Waals surface area contributed by atoms with Crippen molar-refractivity contribution >= 4 is 11.4 Å². The van der Waals surface area contributed by atoms with Crippen molar-refractivity contribution in [3.63, 3.8) is 0 Å². The number of hydrazine groups is 2. The minimum atomic E-state index is -0.209. The first-order valence-corrected chi connectivity index (χ1v) is 11.2. The summed E-state index contributed by atoms with van der Waals surface area (Å²) in [5.41, 5.74) is 18.0. The number of benzene rings is 2. The van der Waals surface area contributed by atoms with Gasteiger partial charge in [-0.2, -0.15) is 0 Å². The molecule has 6 nitrogen and oxygen atoms in total. The van der Waals surface area contributed by atoms with Crippen molar-refractivity contribution < 1.29 is 0 Å². The lowest BCUT2D eigenvalue weighted by Crippen LogP contribution is -2.36. The maximum Gasteiger partial charge on any atom is 0.113 e. The van der Waals surface area contributed by atoms with E-state index in [-0.39, 0.29) is 29.8 Å². The molecule has 0 aromatic heterocycles. The van der Waals surface area contributed by atoms with Gasteiger partial charge in [-0.05, 0) is 38.8 Å². The van der Waals surface area contributed by atoms with E-state index >= 15 is 0 Å². The molecule has 0 radical (unpaired) electrons. The number of nitrogens with one attached hydrogen (secondary N) is 4. The van der Waals surface area contributed by atoms with E-state index in [0.29, 0.717) is 0 Å². The summed E-state index contributed by atoms with van der Waals surface area (Å²) >= 11 is 0. The predicted octanol–water partition coefficient (Wildman–Crippen LogP) is 4.07. The monoisotopic (exact) mass is 418 g/mol. The third-order valence-corrected chi connectivity index (χ3v) is 6.68. The van der Waals surface area contributed by atoms with Crippen LogP contribution in [-0.2, 0) is 0 Å². The van der Waals surface area contributed by atoms with Crippen LogP contribution in [0.25, 0.3) is 0 Å². The second-order valence-corrected chi connectivity index (χ2v) is 9.06. The Balaban J connectivity index is 1.39. The Kier molecular flexibility index (Phi) is 6.62. The zero-order valence-corrected chi connectivity index (χ0v) is 18.9. The van der Waals surface area contributed by atoms with Gasteiger partial charge in [0.25, 0.3) is 0 Å². The summed E-state index contributed by atoms with van der Waals surface area (Å²) in [5.74, 6) is 0. The molecule has 2 saturated heterocycles. The van der Waals surface area contributed by atoms with Gasteiger partial charge >= 0.3 is 0 Å². The van der Waals surface area contributed by atoms with Gasteiger partial charge in [-0.25, -0.2) is 21.7 Å². The van der Waals surface area contributed by atoms with Crippen molar-refractivity contribution in [3.05, 3.63) is 71.8 Å². The van der Waals surface area contributed by atoms with Crippen molar-refractivity contribution in [3.8, 4) is 0 Å². The van der Waals surface area contributed by atoms with Crippen molar-refractivity contribution in [2.24, 2.45) is 15.4 Å². The van der Waals surface area contributed by atoms with Gasteiger partial charge in [0.05, 0.1) is 0 Å². The molecule has 4 unspecified atom stereocenters. The topological polar surface area (TPSA) is 72.8 Å². The number of hydrogen-bond acceptors (Lipinski definition) is 6. The maximum atomic E-state index is 5.01. The van der Waals surface area contributed by atoms with Crippen LogP contribution in [0, 0.1) is 5.41 Å². The maximum absolute atomic E-state index is 5.01. The summed E-state index contributed by atoms with van der Waals surface area (Å²) in [6.45, 7) is 8.64. The smallest absolute Gasteiger partial charge is 0.113 e. The Bertz CT molecular complexity index is 846. The fourth-order valence-electron chi connectivity index (χ4n) is 4.11. The van der Waals surface area contributed by atoms with E-state index < -0.39 is 0 Å². The molecule has 2 aliphatic rings. The molecule has 2 aromatic carbocycles. The molecule has 4 rings (SSSR count). The third-order valence-electron chi connectivity index (χ3n) is 6.68. The largest absolute Gasteiger partial charge is 0.273 e. The molecule has 31 heavy (non-hydrogen) atoms. The molecule has 164 valence electrons. The summed E-state index contributed by atoms with van der Waals surface area (Å²) in [7, 11) is 0. The van der Waals surface area contributed by atoms with Crippen molar-refractivity contribution in [2.75, 3.05) is 0 Å². The summed E-state index contributed by atoms with van der Waals surface area (Å²) in [5, 5.41) is 0. The van der Waals surface area contributed by atoms with Gasteiger partial charge in [-0.3, -0.25) is 9.98 Å². The minimum Gasteiger partial charge on any atom is -0.273 e. The molecule has 0 saturated carbocycles. The molecule has 4 N–H and O–H groups in total. The van der Waals surface area contributed by atoms with Crippen LogP contribution in [0.15, 0.2) is 70.6 Å². The van der Waals surface area contributed by atoms with Crippen molar-refractivity contribution in [1.82, 2.24) is 21.7 Å². The van der Waals surface area contributed by atoms with E-state index in [2.05, 4.69) is 97.9 Å². The molecule has 0 bridgehead atoms. The van der Waals surface area contributed by atoms with Crippen molar-refractivity contribution in [1.29, 1.82) is 0 Å². The summed E-state index contributed by atoms with van der Waals surface area (Å²) in [4.78, 5) is 10.0. The highest BCUT2D eigenvalue weighted by Crippen LogP contribution is 2.27. The standard InChI is InChI=1S/C25H34N6/c1-17(26-23-15-21(28-30-23)19-11-7-5-8-12-19)25(3,4)18(2)27-24-16-22(29-31-24)20-13-9-6-10-14-20/h5-14,21-24,28-31H,15-16H2,1-4H3/b26-17+,27-18+. The first-order chi connectivity index (χ1) is 14.9. The van der Waals surface area contributed by atoms with Crippen LogP contribution in [-0.4, -0.2) is 23.8 Å². The molecule has 0 spiro atoms. The molecule has 2 heterocycles. The van der Waals surface area contributed by atoms with Crippen LogP contribution in [0.3, 0.4) is 0 Å². The van der Waals surface area contributed by atoms with Gasteiger partial charge in [0.15, 0.2) is 0 Å². The number of hydrogen-bond donors (Lipinski definition) is 4. The average molecular weight is 419 g/mol. The lowest BCUT2D eigenvalue weighted by molar-refractivity contribution is 0.543. The Morgan fingerprint density at radius 2 is 1.06 bits per heavy atom. The lowest BCUT2D eigenvalue weighted by Gasteiger charge is -2.26. The first-order valence-electron chi connectivity index (χ1n) is 11.2. The molecule has 0 aliphatic carbocycles. The molecular weight excluding hydrogens is 384 g/mol. The minimum absolute atomic E-state index is 0.0611. The SMILES string of the molecule is C/C(=N\C1CC(c2ccccc2)NN1)C(C)(C)/C(C)=N/C1CC(c2ccccc2)NN1. The van der Waals surface area contributed by atoms with Gasteiger partial charge in [-0.15, -0.1) is 0 Å². The van der Waals surface area contributed by atoms with E-state index in [4.69, 9.17) is 9.98 Å². The number of aliphatic imine (C=N–C) groups is 2. The van der Waals surface area contributed by atoms with E-state index in [1.807, 2.05) is 12.1 Å². The van der Waals surface area contributed by atoms with Gasteiger partial charge < -0.3 is 0 Å². The van der Waals surface area contributed by atoms with Crippen LogP contribution < -0.4 is 21.7 Å².